The molecule has 0 saturated carbocycles. The summed E-state index contributed by atoms with van der Waals surface area (Å²) in [6.07, 6.45) is 6.40. The molecule has 0 bridgehead atoms. The molecule has 1 fully saturated rings. The summed E-state index contributed by atoms with van der Waals surface area (Å²) >= 11 is 0. The first-order chi connectivity index (χ1) is 14.6. The standard InChI is InChI=1S/C24H28N2O4.ClH/c1-3-24-10-6-11-25-12-9-18-17-7-4-5-8-19(17)26(21(18)22(24)25)20(15-24)23(28)30-14-13-29-16(2)27;/h4-5,7-8,15,22H,3,6,9-14H2,1-2H3;1H/t22-,24-;/m0./s1. The fourth-order valence-corrected chi connectivity index (χ4v) is 5.82. The molecular formula is C24H29ClN2O4. The zero-order valence-electron chi connectivity index (χ0n) is 18.1. The van der Waals surface area contributed by atoms with E-state index in [2.05, 4.69) is 40.7 Å². The third kappa shape index (κ3) is 3.37. The lowest BCUT2D eigenvalue weighted by atomic mass is 9.66. The Morgan fingerprint density at radius 2 is 1.94 bits per heavy atom. The van der Waals surface area contributed by atoms with Gasteiger partial charge in [-0.3, -0.25) is 9.69 Å². The van der Waals surface area contributed by atoms with Crippen LogP contribution in [0.3, 0.4) is 0 Å². The van der Waals surface area contributed by atoms with Crippen molar-refractivity contribution >= 4 is 40.9 Å². The van der Waals surface area contributed by atoms with Gasteiger partial charge in [0, 0.05) is 30.0 Å². The maximum atomic E-state index is 13.2. The molecule has 0 amide bonds. The SMILES string of the molecule is CC[C@@]12C=C(C(=O)OCCOC(C)=O)n3c4c(c5ccccc53)CCN(CCC1)[C@@H]42.Cl. The van der Waals surface area contributed by atoms with Gasteiger partial charge in [-0.2, -0.15) is 0 Å². The fourth-order valence-electron chi connectivity index (χ4n) is 5.82. The molecule has 5 rings (SSSR count). The Labute approximate surface area is 188 Å². The molecule has 0 N–H and O–H groups in total. The largest absolute Gasteiger partial charge is 0.462 e. The van der Waals surface area contributed by atoms with Crippen LogP contribution in [0.5, 0.6) is 0 Å². The lowest BCUT2D eigenvalue weighted by Crippen LogP contribution is -2.51. The van der Waals surface area contributed by atoms with Crippen molar-refractivity contribution in [2.24, 2.45) is 5.41 Å². The van der Waals surface area contributed by atoms with Crippen LogP contribution in [0.25, 0.3) is 16.6 Å². The van der Waals surface area contributed by atoms with Crippen molar-refractivity contribution in [1.29, 1.82) is 0 Å². The molecule has 0 spiro atoms. The quantitative estimate of drug-likeness (QED) is 0.513. The molecule has 31 heavy (non-hydrogen) atoms. The van der Waals surface area contributed by atoms with Crippen molar-refractivity contribution in [2.45, 2.75) is 45.6 Å². The Hall–Kier alpha value is -2.31. The van der Waals surface area contributed by atoms with Gasteiger partial charge in [-0.15, -0.1) is 12.4 Å². The molecule has 6 nitrogen and oxygen atoms in total. The third-order valence-electron chi connectivity index (χ3n) is 7.08. The highest BCUT2D eigenvalue weighted by Crippen LogP contribution is 2.57. The molecular weight excluding hydrogens is 416 g/mol. The molecule has 0 radical (unpaired) electrons. The van der Waals surface area contributed by atoms with Crippen molar-refractivity contribution in [1.82, 2.24) is 9.47 Å². The number of esters is 2. The van der Waals surface area contributed by atoms with Gasteiger partial charge in [0.2, 0.25) is 0 Å². The Kier molecular flexibility index (Phi) is 5.88. The molecule has 166 valence electrons. The van der Waals surface area contributed by atoms with Crippen molar-refractivity contribution in [3.05, 3.63) is 41.6 Å². The number of benzene rings is 1. The Morgan fingerprint density at radius 1 is 1.16 bits per heavy atom. The van der Waals surface area contributed by atoms with Gasteiger partial charge < -0.3 is 14.0 Å². The van der Waals surface area contributed by atoms with E-state index in [-0.39, 0.29) is 43.0 Å². The van der Waals surface area contributed by atoms with Crippen LogP contribution >= 0.6 is 12.4 Å². The summed E-state index contributed by atoms with van der Waals surface area (Å²) in [7, 11) is 0. The normalized spacial score (nSPS) is 24.1. The predicted molar refractivity (Wildman–Crippen MR) is 121 cm³/mol. The number of piperidine rings is 1. The predicted octanol–water partition coefficient (Wildman–Crippen LogP) is 4.11. The number of fused-ring (bicyclic) bond motifs is 3. The monoisotopic (exact) mass is 444 g/mol. The summed E-state index contributed by atoms with van der Waals surface area (Å²) in [6, 6.07) is 8.68. The van der Waals surface area contributed by atoms with E-state index in [1.807, 2.05) is 6.07 Å². The van der Waals surface area contributed by atoms with Crippen LogP contribution in [0.15, 0.2) is 30.3 Å². The molecule has 4 heterocycles. The van der Waals surface area contributed by atoms with E-state index >= 15 is 0 Å². The summed E-state index contributed by atoms with van der Waals surface area (Å²) in [4.78, 5) is 26.8. The van der Waals surface area contributed by atoms with Gasteiger partial charge in [0.25, 0.3) is 0 Å². The van der Waals surface area contributed by atoms with Gasteiger partial charge in [-0.05, 0) is 49.9 Å². The smallest absolute Gasteiger partial charge is 0.355 e. The Morgan fingerprint density at radius 3 is 2.71 bits per heavy atom. The fraction of sp³-hybridized carbons (Fsp3) is 0.500. The number of rotatable bonds is 5. The molecule has 2 aromatic rings. The van der Waals surface area contributed by atoms with Crippen LogP contribution in [0.1, 0.15) is 50.4 Å². The summed E-state index contributed by atoms with van der Waals surface area (Å²) < 4.78 is 12.6. The molecule has 1 aromatic carbocycles. The van der Waals surface area contributed by atoms with E-state index in [0.717, 1.165) is 44.3 Å². The van der Waals surface area contributed by atoms with Crippen LogP contribution in [0.2, 0.25) is 0 Å². The molecule has 7 heteroatoms. The van der Waals surface area contributed by atoms with E-state index in [0.29, 0.717) is 11.7 Å². The first-order valence-electron chi connectivity index (χ1n) is 11.0. The first kappa shape index (κ1) is 21.9. The third-order valence-corrected chi connectivity index (χ3v) is 7.08. The number of nitrogens with zero attached hydrogens (tertiary/aromatic N) is 2. The Bertz CT molecular complexity index is 1060. The molecule has 1 saturated heterocycles. The summed E-state index contributed by atoms with van der Waals surface area (Å²) in [5.41, 5.74) is 4.28. The van der Waals surface area contributed by atoms with Crippen molar-refractivity contribution in [3.8, 4) is 0 Å². The number of carbonyl (C=O) groups excluding carboxylic acids is 2. The van der Waals surface area contributed by atoms with Gasteiger partial charge in [-0.25, -0.2) is 4.79 Å². The second-order valence-electron chi connectivity index (χ2n) is 8.60. The van der Waals surface area contributed by atoms with Crippen LogP contribution < -0.4 is 0 Å². The number of ether oxygens (including phenoxy) is 2. The summed E-state index contributed by atoms with van der Waals surface area (Å²) in [5.74, 6) is -0.719. The van der Waals surface area contributed by atoms with E-state index in [4.69, 9.17) is 9.47 Å². The highest BCUT2D eigenvalue weighted by atomic mass is 35.5. The highest BCUT2D eigenvalue weighted by molar-refractivity contribution is 6.13. The number of carbonyl (C=O) groups is 2. The second kappa shape index (κ2) is 8.32. The summed E-state index contributed by atoms with van der Waals surface area (Å²) in [5, 5.41) is 1.24. The lowest BCUT2D eigenvalue weighted by molar-refractivity contribution is -0.147. The molecule has 2 atom stereocenters. The van der Waals surface area contributed by atoms with Gasteiger partial charge in [0.15, 0.2) is 0 Å². The minimum absolute atomic E-state index is 0. The van der Waals surface area contributed by atoms with E-state index in [1.54, 1.807) is 0 Å². The second-order valence-corrected chi connectivity index (χ2v) is 8.60. The van der Waals surface area contributed by atoms with Gasteiger partial charge in [-0.1, -0.05) is 25.1 Å². The van der Waals surface area contributed by atoms with Crippen LogP contribution in [0.4, 0.5) is 0 Å². The van der Waals surface area contributed by atoms with Crippen LogP contribution in [-0.2, 0) is 25.5 Å². The number of aromatic nitrogens is 1. The molecule has 0 aliphatic carbocycles. The lowest BCUT2D eigenvalue weighted by Gasteiger charge is -2.53. The number of hydrogen-bond donors (Lipinski definition) is 0. The maximum Gasteiger partial charge on any atom is 0.355 e. The zero-order chi connectivity index (χ0) is 20.9. The molecule has 3 aliphatic rings. The minimum Gasteiger partial charge on any atom is -0.462 e. The molecule has 0 unspecified atom stereocenters. The van der Waals surface area contributed by atoms with E-state index < -0.39 is 0 Å². The van der Waals surface area contributed by atoms with E-state index in [9.17, 15) is 9.59 Å². The average Bonchev–Trinajstić information content (AvgIpc) is 3.10. The summed E-state index contributed by atoms with van der Waals surface area (Å²) in [6.45, 7) is 5.91. The highest BCUT2D eigenvalue weighted by Gasteiger charge is 2.51. The van der Waals surface area contributed by atoms with Gasteiger partial charge in [0.05, 0.1) is 11.6 Å². The maximum absolute atomic E-state index is 13.2. The minimum atomic E-state index is -0.372. The number of halogens is 1. The molecule has 3 aliphatic heterocycles. The first-order valence-corrected chi connectivity index (χ1v) is 11.0. The van der Waals surface area contributed by atoms with Crippen LogP contribution in [0, 0.1) is 5.41 Å². The topological polar surface area (TPSA) is 60.8 Å². The molecule has 1 aromatic heterocycles. The van der Waals surface area contributed by atoms with Crippen molar-refractivity contribution in [2.75, 3.05) is 26.3 Å². The number of para-hydroxylation sites is 1. The van der Waals surface area contributed by atoms with Gasteiger partial charge >= 0.3 is 11.9 Å². The van der Waals surface area contributed by atoms with E-state index in [1.165, 1.54) is 23.6 Å². The van der Waals surface area contributed by atoms with Gasteiger partial charge in [0.1, 0.15) is 18.9 Å². The van der Waals surface area contributed by atoms with Crippen LogP contribution in [-0.4, -0.2) is 47.7 Å². The number of hydrogen-bond acceptors (Lipinski definition) is 5. The zero-order valence-corrected chi connectivity index (χ0v) is 18.9. The van der Waals surface area contributed by atoms with Crippen molar-refractivity contribution < 1.29 is 19.1 Å². The average molecular weight is 445 g/mol. The van der Waals surface area contributed by atoms with Crippen molar-refractivity contribution in [3.63, 3.8) is 0 Å². The Balaban J connectivity index is 0.00000231.